The van der Waals surface area contributed by atoms with Gasteiger partial charge in [-0.15, -0.1) is 0 Å². The lowest BCUT2D eigenvalue weighted by molar-refractivity contribution is -0.0530. The number of nitrogens with zero attached hydrogens (tertiary/aromatic N) is 1. The number of benzene rings is 1. The van der Waals surface area contributed by atoms with Gasteiger partial charge in [0.25, 0.3) is 0 Å². The van der Waals surface area contributed by atoms with E-state index < -0.39 is 0 Å². The minimum Gasteiger partial charge on any atom is -0.358 e. The van der Waals surface area contributed by atoms with E-state index >= 15 is 0 Å². The Kier molecular flexibility index (Phi) is 3.18. The lowest BCUT2D eigenvalue weighted by atomic mass is 9.96. The van der Waals surface area contributed by atoms with E-state index in [0.717, 1.165) is 16.8 Å². The maximum Gasteiger partial charge on any atom is 0.170 e. The number of rotatable bonds is 3. The molecule has 0 amide bonds. The summed E-state index contributed by atoms with van der Waals surface area (Å²) in [6.07, 6.45) is 3.39. The standard InChI is InChI=1S/C17H16N2O2/c1-2-6-14-12(4-1)10-15(19-14)16(17-20-8-9-21-17)13-5-3-7-18-11-13/h1-7,10-11,16-17,19H,8-9H2/t16-/m0/s1. The van der Waals surface area contributed by atoms with Crippen LogP contribution >= 0.6 is 0 Å². The third kappa shape index (κ3) is 2.33. The molecule has 0 spiro atoms. The van der Waals surface area contributed by atoms with Gasteiger partial charge in [-0.3, -0.25) is 4.98 Å². The molecule has 1 N–H and O–H groups in total. The molecular formula is C17H16N2O2. The lowest BCUT2D eigenvalue weighted by Gasteiger charge is -2.21. The van der Waals surface area contributed by atoms with Gasteiger partial charge in [-0.05, 0) is 29.1 Å². The van der Waals surface area contributed by atoms with Crippen LogP contribution in [-0.2, 0) is 9.47 Å². The van der Waals surface area contributed by atoms with Gasteiger partial charge in [0.05, 0.1) is 19.1 Å². The molecule has 106 valence electrons. The Bertz CT molecular complexity index is 700. The highest BCUT2D eigenvalue weighted by Crippen LogP contribution is 2.33. The third-order valence-corrected chi connectivity index (χ3v) is 3.85. The van der Waals surface area contributed by atoms with Crippen LogP contribution in [0.3, 0.4) is 0 Å². The Morgan fingerprint density at radius 1 is 1.10 bits per heavy atom. The van der Waals surface area contributed by atoms with Crippen LogP contribution in [0.15, 0.2) is 54.9 Å². The van der Waals surface area contributed by atoms with Crippen molar-refractivity contribution in [2.24, 2.45) is 0 Å². The summed E-state index contributed by atoms with van der Waals surface area (Å²) in [5.41, 5.74) is 3.31. The fraction of sp³-hybridized carbons (Fsp3) is 0.235. The summed E-state index contributed by atoms with van der Waals surface area (Å²) >= 11 is 0. The van der Waals surface area contributed by atoms with Crippen molar-refractivity contribution in [3.05, 3.63) is 66.1 Å². The summed E-state index contributed by atoms with van der Waals surface area (Å²) in [5.74, 6) is 0.00796. The molecule has 0 radical (unpaired) electrons. The van der Waals surface area contributed by atoms with E-state index in [2.05, 4.69) is 34.2 Å². The number of aromatic nitrogens is 2. The van der Waals surface area contributed by atoms with Crippen molar-refractivity contribution in [1.82, 2.24) is 9.97 Å². The molecule has 0 aliphatic carbocycles. The largest absolute Gasteiger partial charge is 0.358 e. The van der Waals surface area contributed by atoms with Gasteiger partial charge in [-0.1, -0.05) is 24.3 Å². The van der Waals surface area contributed by atoms with E-state index in [1.807, 2.05) is 24.4 Å². The third-order valence-electron chi connectivity index (χ3n) is 3.85. The van der Waals surface area contributed by atoms with E-state index in [4.69, 9.17) is 9.47 Å². The van der Waals surface area contributed by atoms with Gasteiger partial charge in [0.15, 0.2) is 6.29 Å². The Labute approximate surface area is 122 Å². The first-order valence-corrected chi connectivity index (χ1v) is 7.12. The quantitative estimate of drug-likeness (QED) is 0.802. The molecule has 0 bridgehead atoms. The molecule has 1 aliphatic rings. The number of ether oxygens (including phenoxy) is 2. The van der Waals surface area contributed by atoms with Crippen molar-refractivity contribution in [2.75, 3.05) is 13.2 Å². The molecule has 1 aromatic carbocycles. The molecule has 3 heterocycles. The molecule has 4 heteroatoms. The maximum absolute atomic E-state index is 5.75. The molecule has 1 atom stereocenters. The van der Waals surface area contributed by atoms with Gasteiger partial charge < -0.3 is 14.5 Å². The summed E-state index contributed by atoms with van der Waals surface area (Å²) in [4.78, 5) is 7.71. The monoisotopic (exact) mass is 280 g/mol. The zero-order valence-electron chi connectivity index (χ0n) is 11.5. The number of hydrogen-bond acceptors (Lipinski definition) is 3. The van der Waals surface area contributed by atoms with Gasteiger partial charge in [0.1, 0.15) is 0 Å². The fourth-order valence-corrected chi connectivity index (χ4v) is 2.88. The number of pyridine rings is 1. The SMILES string of the molecule is c1cncc([C@@H](c2cc3ccccc3[nH]2)C2OCCO2)c1. The first kappa shape index (κ1) is 12.6. The topological polar surface area (TPSA) is 47.1 Å². The van der Waals surface area contributed by atoms with Gasteiger partial charge in [-0.25, -0.2) is 0 Å². The van der Waals surface area contributed by atoms with Crippen LogP contribution < -0.4 is 0 Å². The molecule has 1 saturated heterocycles. The summed E-state index contributed by atoms with van der Waals surface area (Å²) < 4.78 is 11.5. The first-order valence-electron chi connectivity index (χ1n) is 7.12. The molecule has 3 aromatic rings. The highest BCUT2D eigenvalue weighted by Gasteiger charge is 2.31. The van der Waals surface area contributed by atoms with Crippen LogP contribution in [0.5, 0.6) is 0 Å². The minimum absolute atomic E-state index is 0.00796. The highest BCUT2D eigenvalue weighted by atomic mass is 16.7. The molecular weight excluding hydrogens is 264 g/mol. The van der Waals surface area contributed by atoms with E-state index in [1.54, 1.807) is 6.20 Å². The second-order valence-electron chi connectivity index (χ2n) is 5.19. The van der Waals surface area contributed by atoms with Gasteiger partial charge >= 0.3 is 0 Å². The first-order chi connectivity index (χ1) is 10.4. The van der Waals surface area contributed by atoms with E-state index in [1.165, 1.54) is 5.39 Å². The molecule has 4 rings (SSSR count). The highest BCUT2D eigenvalue weighted by molar-refractivity contribution is 5.80. The zero-order valence-corrected chi connectivity index (χ0v) is 11.5. The Morgan fingerprint density at radius 3 is 2.71 bits per heavy atom. The van der Waals surface area contributed by atoms with Crippen molar-refractivity contribution in [2.45, 2.75) is 12.2 Å². The van der Waals surface area contributed by atoms with E-state index in [-0.39, 0.29) is 12.2 Å². The van der Waals surface area contributed by atoms with Crippen LogP contribution in [0.2, 0.25) is 0 Å². The van der Waals surface area contributed by atoms with Gasteiger partial charge in [0.2, 0.25) is 0 Å². The summed E-state index contributed by atoms with van der Waals surface area (Å²) in [6, 6.07) is 14.4. The second kappa shape index (κ2) is 5.31. The Morgan fingerprint density at radius 2 is 1.95 bits per heavy atom. The zero-order chi connectivity index (χ0) is 14.1. The van der Waals surface area contributed by atoms with E-state index in [0.29, 0.717) is 13.2 Å². The lowest BCUT2D eigenvalue weighted by Crippen LogP contribution is -2.21. The maximum atomic E-state index is 5.75. The van der Waals surface area contributed by atoms with Crippen LogP contribution in [0.4, 0.5) is 0 Å². The minimum atomic E-state index is -0.262. The number of fused-ring (bicyclic) bond motifs is 1. The molecule has 1 fully saturated rings. The number of aromatic amines is 1. The normalized spacial score (nSPS) is 17.3. The van der Waals surface area contributed by atoms with Crippen molar-refractivity contribution < 1.29 is 9.47 Å². The second-order valence-corrected chi connectivity index (χ2v) is 5.19. The van der Waals surface area contributed by atoms with Crippen LogP contribution in [0.1, 0.15) is 17.2 Å². The van der Waals surface area contributed by atoms with Gasteiger partial charge in [-0.2, -0.15) is 0 Å². The van der Waals surface area contributed by atoms with Crippen LogP contribution in [0, 0.1) is 0 Å². The number of para-hydroxylation sites is 1. The van der Waals surface area contributed by atoms with Crippen molar-refractivity contribution in [3.8, 4) is 0 Å². The predicted molar refractivity (Wildman–Crippen MR) is 80.1 cm³/mol. The molecule has 4 nitrogen and oxygen atoms in total. The summed E-state index contributed by atoms with van der Waals surface area (Å²) in [5, 5.41) is 1.19. The Hall–Kier alpha value is -2.17. The molecule has 0 unspecified atom stereocenters. The van der Waals surface area contributed by atoms with Crippen molar-refractivity contribution >= 4 is 10.9 Å². The van der Waals surface area contributed by atoms with Crippen molar-refractivity contribution in [3.63, 3.8) is 0 Å². The molecule has 21 heavy (non-hydrogen) atoms. The summed E-state index contributed by atoms with van der Waals surface area (Å²) in [6.45, 7) is 1.28. The van der Waals surface area contributed by atoms with Gasteiger partial charge in [0, 0.05) is 23.6 Å². The average Bonchev–Trinajstić information content (AvgIpc) is 3.18. The predicted octanol–water partition coefficient (Wildman–Crippen LogP) is 3.07. The fourth-order valence-electron chi connectivity index (χ4n) is 2.88. The van der Waals surface area contributed by atoms with Crippen molar-refractivity contribution in [1.29, 1.82) is 0 Å². The molecule has 1 aliphatic heterocycles. The van der Waals surface area contributed by atoms with E-state index in [9.17, 15) is 0 Å². The number of nitrogens with one attached hydrogen (secondary N) is 1. The smallest absolute Gasteiger partial charge is 0.170 e. The molecule has 0 saturated carbocycles. The van der Waals surface area contributed by atoms with Crippen LogP contribution in [0.25, 0.3) is 10.9 Å². The van der Waals surface area contributed by atoms with Crippen LogP contribution in [-0.4, -0.2) is 29.5 Å². The summed E-state index contributed by atoms with van der Waals surface area (Å²) in [7, 11) is 0. The Balaban J connectivity index is 1.81. The molecule has 2 aromatic heterocycles. The number of hydrogen-bond donors (Lipinski definition) is 1. The average molecular weight is 280 g/mol. The number of H-pyrrole nitrogens is 1.